The van der Waals surface area contributed by atoms with Gasteiger partial charge >= 0.3 is 0 Å². The largest absolute Gasteiger partial charge is 0.396 e. The second-order valence-corrected chi connectivity index (χ2v) is 6.36. The van der Waals surface area contributed by atoms with E-state index in [1.54, 1.807) is 17.8 Å². The van der Waals surface area contributed by atoms with Gasteiger partial charge in [0, 0.05) is 35.5 Å². The molecule has 0 bridgehead atoms. The molecule has 1 amide bonds. The maximum atomic E-state index is 13.4. The number of fused-ring (bicyclic) bond motifs is 1. The van der Waals surface area contributed by atoms with Gasteiger partial charge < -0.3 is 15.4 Å². The summed E-state index contributed by atoms with van der Waals surface area (Å²) >= 11 is 1.70. The van der Waals surface area contributed by atoms with E-state index < -0.39 is 0 Å². The van der Waals surface area contributed by atoms with Crippen LogP contribution in [0.25, 0.3) is 10.9 Å². The number of carbonyl (C=O) groups is 1. The molecule has 2 rings (SSSR count). The van der Waals surface area contributed by atoms with Gasteiger partial charge in [-0.25, -0.2) is 4.39 Å². The van der Waals surface area contributed by atoms with Gasteiger partial charge in [0.15, 0.2) is 0 Å². The Morgan fingerprint density at radius 3 is 3.00 bits per heavy atom. The Balaban J connectivity index is 1.89. The van der Waals surface area contributed by atoms with E-state index in [9.17, 15) is 9.18 Å². The van der Waals surface area contributed by atoms with Gasteiger partial charge in [-0.05, 0) is 42.9 Å². The first kappa shape index (κ1) is 16.8. The van der Waals surface area contributed by atoms with E-state index in [-0.39, 0.29) is 24.8 Å². The number of rotatable bonds is 8. The molecule has 0 aliphatic carbocycles. The monoisotopic (exact) mass is 324 g/mol. The van der Waals surface area contributed by atoms with Crippen LogP contribution in [0.4, 0.5) is 4.39 Å². The molecule has 3 N–H and O–H groups in total. The second kappa shape index (κ2) is 8.19. The molecule has 1 aromatic heterocycles. The quantitative estimate of drug-likeness (QED) is 0.653. The van der Waals surface area contributed by atoms with E-state index in [1.807, 2.05) is 6.92 Å². The molecule has 0 aliphatic rings. The van der Waals surface area contributed by atoms with Crippen molar-refractivity contribution in [1.29, 1.82) is 0 Å². The smallest absolute Gasteiger partial charge is 0.224 e. The number of benzene rings is 1. The highest BCUT2D eigenvalue weighted by molar-refractivity contribution is 7.99. The van der Waals surface area contributed by atoms with Gasteiger partial charge in [-0.3, -0.25) is 4.79 Å². The zero-order valence-electron chi connectivity index (χ0n) is 12.6. The lowest BCUT2D eigenvalue weighted by Gasteiger charge is -2.05. The zero-order valence-corrected chi connectivity index (χ0v) is 13.4. The first-order valence-electron chi connectivity index (χ1n) is 7.34. The highest BCUT2D eigenvalue weighted by Crippen LogP contribution is 2.23. The third kappa shape index (κ3) is 4.48. The number of nitrogens with one attached hydrogen (secondary N) is 2. The van der Waals surface area contributed by atoms with Crippen molar-refractivity contribution in [3.05, 3.63) is 35.3 Å². The second-order valence-electron chi connectivity index (χ2n) is 5.13. The lowest BCUT2D eigenvalue weighted by Crippen LogP contribution is -2.27. The van der Waals surface area contributed by atoms with Crippen molar-refractivity contribution in [3.8, 4) is 0 Å². The maximum Gasteiger partial charge on any atom is 0.224 e. The van der Waals surface area contributed by atoms with E-state index in [0.29, 0.717) is 6.54 Å². The summed E-state index contributed by atoms with van der Waals surface area (Å²) in [5.74, 6) is 1.37. The molecule has 0 saturated carbocycles. The fourth-order valence-electron chi connectivity index (χ4n) is 2.34. The van der Waals surface area contributed by atoms with Crippen molar-refractivity contribution in [2.45, 2.75) is 19.8 Å². The Hall–Kier alpha value is -1.53. The Bertz CT molecular complexity index is 642. The molecular formula is C16H21FN2O2S. The number of H-pyrrole nitrogens is 1. The van der Waals surface area contributed by atoms with Gasteiger partial charge in [0.2, 0.25) is 5.91 Å². The fourth-order valence-corrected chi connectivity index (χ4v) is 3.12. The first-order valence-corrected chi connectivity index (χ1v) is 8.49. The number of aryl methyl sites for hydroxylation is 1. The molecule has 0 radical (unpaired) electrons. The molecule has 4 nitrogen and oxygen atoms in total. The first-order chi connectivity index (χ1) is 10.6. The van der Waals surface area contributed by atoms with Crippen molar-refractivity contribution in [1.82, 2.24) is 10.3 Å². The molecule has 0 aliphatic heterocycles. The SMILES string of the molecule is Cc1[nH]c2ccc(F)cc2c1CC(=O)NCCSCCCO. The van der Waals surface area contributed by atoms with E-state index in [4.69, 9.17) is 5.11 Å². The summed E-state index contributed by atoms with van der Waals surface area (Å²) in [5, 5.41) is 12.3. The number of aromatic amines is 1. The minimum Gasteiger partial charge on any atom is -0.396 e. The third-order valence-electron chi connectivity index (χ3n) is 3.43. The van der Waals surface area contributed by atoms with Gasteiger partial charge in [-0.1, -0.05) is 0 Å². The van der Waals surface area contributed by atoms with Crippen LogP contribution in [-0.4, -0.2) is 40.7 Å². The van der Waals surface area contributed by atoms with Crippen LogP contribution in [0, 0.1) is 12.7 Å². The van der Waals surface area contributed by atoms with Gasteiger partial charge in [0.25, 0.3) is 0 Å². The molecule has 120 valence electrons. The summed E-state index contributed by atoms with van der Waals surface area (Å²) in [5.41, 5.74) is 2.59. The molecule has 2 aromatic rings. The van der Waals surface area contributed by atoms with E-state index >= 15 is 0 Å². The highest BCUT2D eigenvalue weighted by atomic mass is 32.2. The number of thioether (sulfide) groups is 1. The summed E-state index contributed by atoms with van der Waals surface area (Å²) in [7, 11) is 0. The summed E-state index contributed by atoms with van der Waals surface area (Å²) in [6, 6.07) is 4.56. The van der Waals surface area contributed by atoms with Crippen LogP contribution in [0.3, 0.4) is 0 Å². The standard InChI is InChI=1S/C16H21FN2O2S/c1-11-13(14-9-12(17)3-4-15(14)19-11)10-16(21)18-5-8-22-7-2-6-20/h3-4,9,19-20H,2,5-8,10H2,1H3,(H,18,21). The summed E-state index contributed by atoms with van der Waals surface area (Å²) in [4.78, 5) is 15.2. The number of amides is 1. The minimum atomic E-state index is -0.298. The molecule has 22 heavy (non-hydrogen) atoms. The average molecular weight is 324 g/mol. The summed E-state index contributed by atoms with van der Waals surface area (Å²) in [6.07, 6.45) is 1.02. The predicted octanol–water partition coefficient (Wildman–Crippen LogP) is 2.39. The van der Waals surface area contributed by atoms with Crippen molar-refractivity contribution in [2.75, 3.05) is 24.7 Å². The molecule has 0 spiro atoms. The fraction of sp³-hybridized carbons (Fsp3) is 0.438. The van der Waals surface area contributed by atoms with Crippen molar-refractivity contribution >= 4 is 28.6 Å². The van der Waals surface area contributed by atoms with Crippen LogP contribution in [0.5, 0.6) is 0 Å². The molecule has 1 heterocycles. The lowest BCUT2D eigenvalue weighted by molar-refractivity contribution is -0.120. The van der Waals surface area contributed by atoms with E-state index in [0.717, 1.165) is 40.1 Å². The molecular weight excluding hydrogens is 303 g/mol. The van der Waals surface area contributed by atoms with Crippen LogP contribution in [-0.2, 0) is 11.2 Å². The van der Waals surface area contributed by atoms with Crippen LogP contribution in [0.2, 0.25) is 0 Å². The number of aliphatic hydroxyl groups is 1. The third-order valence-corrected chi connectivity index (χ3v) is 4.50. The molecule has 1 aromatic carbocycles. The number of hydrogen-bond acceptors (Lipinski definition) is 3. The number of aliphatic hydroxyl groups excluding tert-OH is 1. The van der Waals surface area contributed by atoms with Crippen molar-refractivity contribution in [3.63, 3.8) is 0 Å². The van der Waals surface area contributed by atoms with Crippen molar-refractivity contribution < 1.29 is 14.3 Å². The molecule has 0 unspecified atom stereocenters. The van der Waals surface area contributed by atoms with Gasteiger partial charge in [0.05, 0.1) is 6.42 Å². The highest BCUT2D eigenvalue weighted by Gasteiger charge is 2.12. The molecule has 0 fully saturated rings. The molecule has 0 atom stereocenters. The Morgan fingerprint density at radius 1 is 1.41 bits per heavy atom. The zero-order chi connectivity index (χ0) is 15.9. The molecule has 6 heteroatoms. The Kier molecular flexibility index (Phi) is 6.27. The summed E-state index contributed by atoms with van der Waals surface area (Å²) in [6.45, 7) is 2.70. The maximum absolute atomic E-state index is 13.4. The predicted molar refractivity (Wildman–Crippen MR) is 88.7 cm³/mol. The summed E-state index contributed by atoms with van der Waals surface area (Å²) < 4.78 is 13.4. The van der Waals surface area contributed by atoms with Gasteiger partial charge in [-0.15, -0.1) is 0 Å². The number of hydrogen-bond donors (Lipinski definition) is 3. The van der Waals surface area contributed by atoms with E-state index in [1.165, 1.54) is 12.1 Å². The van der Waals surface area contributed by atoms with Gasteiger partial charge in [0.1, 0.15) is 5.82 Å². The van der Waals surface area contributed by atoms with Crippen LogP contribution in [0.15, 0.2) is 18.2 Å². The van der Waals surface area contributed by atoms with E-state index in [2.05, 4.69) is 10.3 Å². The van der Waals surface area contributed by atoms with Crippen molar-refractivity contribution in [2.24, 2.45) is 0 Å². The number of aromatic nitrogens is 1. The average Bonchev–Trinajstić information content (AvgIpc) is 2.79. The Morgan fingerprint density at radius 2 is 2.23 bits per heavy atom. The molecule has 0 saturated heterocycles. The minimum absolute atomic E-state index is 0.0592. The lowest BCUT2D eigenvalue weighted by atomic mass is 10.1. The topological polar surface area (TPSA) is 65.1 Å². The number of carbonyl (C=O) groups excluding carboxylic acids is 1. The van der Waals surface area contributed by atoms with Crippen LogP contribution >= 0.6 is 11.8 Å². The van der Waals surface area contributed by atoms with Crippen LogP contribution < -0.4 is 5.32 Å². The normalized spacial score (nSPS) is 11.0. The Labute approximate surface area is 133 Å². The number of halogens is 1. The van der Waals surface area contributed by atoms with Gasteiger partial charge in [-0.2, -0.15) is 11.8 Å². The van der Waals surface area contributed by atoms with Crippen LogP contribution in [0.1, 0.15) is 17.7 Å².